The van der Waals surface area contributed by atoms with Gasteiger partial charge in [0.2, 0.25) is 5.91 Å². The lowest BCUT2D eigenvalue weighted by atomic mass is 9.80. The molecule has 1 amide bonds. The van der Waals surface area contributed by atoms with Crippen LogP contribution in [0.4, 0.5) is 0 Å². The monoisotopic (exact) mass is 367 g/mol. The van der Waals surface area contributed by atoms with Gasteiger partial charge in [-0.3, -0.25) is 9.59 Å². The van der Waals surface area contributed by atoms with Gasteiger partial charge < -0.3 is 32.1 Å². The number of nitrogens with one attached hydrogen (secondary N) is 1. The van der Waals surface area contributed by atoms with E-state index in [0.29, 0.717) is 5.56 Å². The summed E-state index contributed by atoms with van der Waals surface area (Å²) < 4.78 is 0. The fourth-order valence-electron chi connectivity index (χ4n) is 2.38. The van der Waals surface area contributed by atoms with Crippen LogP contribution in [0.2, 0.25) is 0 Å². The molecule has 0 aromatic heterocycles. The van der Waals surface area contributed by atoms with Crippen molar-refractivity contribution in [3.63, 3.8) is 0 Å². The van der Waals surface area contributed by atoms with Crippen LogP contribution in [0.3, 0.4) is 0 Å². The summed E-state index contributed by atoms with van der Waals surface area (Å²) in [6.45, 7) is 2.10. The molecule has 0 saturated heterocycles. The Morgan fingerprint density at radius 2 is 1.73 bits per heavy atom. The summed E-state index contributed by atoms with van der Waals surface area (Å²) >= 11 is 0. The van der Waals surface area contributed by atoms with E-state index in [-0.39, 0.29) is 12.2 Å². The Bertz CT molecular complexity index is 661. The molecule has 1 rings (SSSR count). The number of carboxylic acid groups (broad SMARTS) is 1. The molecule has 0 aliphatic carbocycles. The Balaban J connectivity index is 2.85. The molecule has 0 radical (unpaired) electrons. The zero-order chi connectivity index (χ0) is 20.1. The maximum absolute atomic E-state index is 12.5. The fourth-order valence-corrected chi connectivity index (χ4v) is 2.38. The minimum Gasteiger partial charge on any atom is -0.508 e. The van der Waals surface area contributed by atoms with E-state index in [0.717, 1.165) is 0 Å². The van der Waals surface area contributed by atoms with Crippen molar-refractivity contribution in [3.8, 4) is 5.75 Å². The molecular weight excluding hydrogens is 342 g/mol. The second-order valence-electron chi connectivity index (χ2n) is 6.41. The maximum Gasteiger partial charge on any atom is 0.331 e. The number of aliphatic carboxylic acids is 1. The van der Waals surface area contributed by atoms with E-state index >= 15 is 0 Å². The van der Waals surface area contributed by atoms with Crippen molar-refractivity contribution in [2.75, 3.05) is 6.61 Å². The Kier molecular flexibility index (Phi) is 7.25. The quantitative estimate of drug-likeness (QED) is 0.293. The number of ketones is 1. The predicted molar refractivity (Wildman–Crippen MR) is 93.2 cm³/mol. The summed E-state index contributed by atoms with van der Waals surface area (Å²) in [4.78, 5) is 36.1. The largest absolute Gasteiger partial charge is 0.508 e. The number of phenolic OH excluding ortho intramolecular Hbond substituents is 1. The summed E-state index contributed by atoms with van der Waals surface area (Å²) in [6, 6.07) is 3.53. The van der Waals surface area contributed by atoms with Crippen molar-refractivity contribution in [2.24, 2.45) is 17.4 Å². The number of amides is 1. The zero-order valence-electron chi connectivity index (χ0n) is 14.7. The molecule has 0 heterocycles. The van der Waals surface area contributed by atoms with Crippen LogP contribution in [0.15, 0.2) is 24.3 Å². The molecule has 1 aromatic rings. The Labute approximate surface area is 151 Å². The molecule has 0 spiro atoms. The summed E-state index contributed by atoms with van der Waals surface area (Å²) in [6.07, 6.45) is 0.120. The Morgan fingerprint density at radius 3 is 2.15 bits per heavy atom. The molecule has 0 saturated carbocycles. The van der Waals surface area contributed by atoms with E-state index in [9.17, 15) is 29.7 Å². The number of aromatic hydroxyl groups is 1. The normalized spacial score (nSPS) is 15.8. The van der Waals surface area contributed by atoms with Gasteiger partial charge >= 0.3 is 5.97 Å². The number of carboxylic acids is 1. The second-order valence-corrected chi connectivity index (χ2v) is 6.41. The van der Waals surface area contributed by atoms with Crippen molar-refractivity contribution in [1.82, 2.24) is 5.32 Å². The van der Waals surface area contributed by atoms with Crippen molar-refractivity contribution < 1.29 is 29.7 Å². The van der Waals surface area contributed by atoms with E-state index < -0.39 is 47.8 Å². The molecule has 3 unspecified atom stereocenters. The first-order chi connectivity index (χ1) is 12.0. The number of hydrogen-bond acceptors (Lipinski definition) is 7. The first kappa shape index (κ1) is 21.6. The van der Waals surface area contributed by atoms with Crippen LogP contribution in [0.25, 0.3) is 0 Å². The van der Waals surface area contributed by atoms with Crippen molar-refractivity contribution in [1.29, 1.82) is 0 Å². The molecule has 8 N–H and O–H groups in total. The Morgan fingerprint density at radius 1 is 1.19 bits per heavy atom. The predicted octanol–water partition coefficient (Wildman–Crippen LogP) is -1.25. The molecule has 144 valence electrons. The molecular formula is C17H25N3O6. The van der Waals surface area contributed by atoms with E-state index in [1.807, 2.05) is 0 Å². The SMILES string of the molecule is CC(C)C(N)(C(=O)O)C(=O)C(CO)NC(=O)C(N)Cc1ccc(O)cc1. The minimum atomic E-state index is -2.25. The smallest absolute Gasteiger partial charge is 0.331 e. The van der Waals surface area contributed by atoms with Gasteiger partial charge in [-0.05, 0) is 30.0 Å². The summed E-state index contributed by atoms with van der Waals surface area (Å²) in [5.41, 5.74) is 9.96. The minimum absolute atomic E-state index is 0.0688. The molecule has 9 heteroatoms. The summed E-state index contributed by atoms with van der Waals surface area (Å²) in [7, 11) is 0. The Hall–Kier alpha value is -2.49. The zero-order valence-corrected chi connectivity index (χ0v) is 14.7. The molecule has 0 bridgehead atoms. The van der Waals surface area contributed by atoms with Crippen LogP contribution < -0.4 is 16.8 Å². The van der Waals surface area contributed by atoms with Gasteiger partial charge in [0, 0.05) is 0 Å². The summed E-state index contributed by atoms with van der Waals surface area (Å²) in [5.74, 6) is -3.98. The third-order valence-corrected chi connectivity index (χ3v) is 4.22. The number of rotatable bonds is 9. The standard InChI is InChI=1S/C17H25N3O6/c1-9(2)17(19,16(25)26)14(23)13(8-21)20-15(24)12(18)7-10-3-5-11(22)6-4-10/h3-6,9,12-13,21-22H,7-8,18-19H2,1-2H3,(H,20,24)(H,25,26). The number of hydrogen-bond donors (Lipinski definition) is 6. The third-order valence-electron chi connectivity index (χ3n) is 4.22. The van der Waals surface area contributed by atoms with Crippen LogP contribution in [-0.2, 0) is 20.8 Å². The van der Waals surface area contributed by atoms with Crippen LogP contribution in [0, 0.1) is 5.92 Å². The average molecular weight is 367 g/mol. The first-order valence-corrected chi connectivity index (χ1v) is 8.05. The van der Waals surface area contributed by atoms with Crippen LogP contribution in [-0.4, -0.2) is 57.2 Å². The van der Waals surface area contributed by atoms with Crippen LogP contribution in [0.1, 0.15) is 19.4 Å². The number of aliphatic hydroxyl groups excluding tert-OH is 1. The van der Waals surface area contributed by atoms with Gasteiger partial charge in [0.1, 0.15) is 11.8 Å². The average Bonchev–Trinajstić information content (AvgIpc) is 2.59. The molecule has 0 fully saturated rings. The van der Waals surface area contributed by atoms with Gasteiger partial charge in [-0.15, -0.1) is 0 Å². The first-order valence-electron chi connectivity index (χ1n) is 8.05. The van der Waals surface area contributed by atoms with Gasteiger partial charge in [0.15, 0.2) is 11.3 Å². The number of nitrogens with two attached hydrogens (primary N) is 2. The van der Waals surface area contributed by atoms with Gasteiger partial charge in [-0.25, -0.2) is 4.79 Å². The molecule has 3 atom stereocenters. The number of aliphatic hydroxyl groups is 1. The van der Waals surface area contributed by atoms with Crippen molar-refractivity contribution in [2.45, 2.75) is 37.9 Å². The van der Waals surface area contributed by atoms with E-state index in [1.54, 1.807) is 12.1 Å². The molecule has 0 aliphatic heterocycles. The highest BCUT2D eigenvalue weighted by Crippen LogP contribution is 2.18. The van der Waals surface area contributed by atoms with Crippen molar-refractivity contribution >= 4 is 17.7 Å². The molecule has 1 aromatic carbocycles. The van der Waals surface area contributed by atoms with Crippen LogP contribution in [0.5, 0.6) is 5.75 Å². The third kappa shape index (κ3) is 4.78. The van der Waals surface area contributed by atoms with Gasteiger partial charge in [-0.2, -0.15) is 0 Å². The maximum atomic E-state index is 12.5. The lowest BCUT2D eigenvalue weighted by Crippen LogP contribution is -2.66. The highest BCUT2D eigenvalue weighted by atomic mass is 16.4. The number of carbonyl (C=O) groups is 3. The number of carbonyl (C=O) groups excluding carboxylic acids is 2. The second kappa shape index (κ2) is 8.75. The number of Topliss-reactive ketones (excluding diaryl/α,β-unsaturated/α-hetero) is 1. The van der Waals surface area contributed by atoms with Crippen LogP contribution >= 0.6 is 0 Å². The van der Waals surface area contributed by atoms with Crippen molar-refractivity contribution in [3.05, 3.63) is 29.8 Å². The van der Waals surface area contributed by atoms with Gasteiger partial charge in [0.05, 0.1) is 12.6 Å². The summed E-state index contributed by atoms with van der Waals surface area (Å²) in [5, 5.41) is 30.2. The van der Waals surface area contributed by atoms with Gasteiger partial charge in [-0.1, -0.05) is 26.0 Å². The highest BCUT2D eigenvalue weighted by Gasteiger charge is 2.48. The lowest BCUT2D eigenvalue weighted by Gasteiger charge is -2.31. The molecule has 26 heavy (non-hydrogen) atoms. The van der Waals surface area contributed by atoms with E-state index in [1.165, 1.54) is 26.0 Å². The fraction of sp³-hybridized carbons (Fsp3) is 0.471. The van der Waals surface area contributed by atoms with Gasteiger partial charge in [0.25, 0.3) is 0 Å². The molecule has 0 aliphatic rings. The lowest BCUT2D eigenvalue weighted by molar-refractivity contribution is -0.152. The van der Waals surface area contributed by atoms with E-state index in [4.69, 9.17) is 11.5 Å². The number of phenols is 1. The molecule has 9 nitrogen and oxygen atoms in total. The topological polar surface area (TPSA) is 176 Å². The number of benzene rings is 1. The highest BCUT2D eigenvalue weighted by molar-refractivity contribution is 6.11. The van der Waals surface area contributed by atoms with E-state index in [2.05, 4.69) is 5.32 Å².